The van der Waals surface area contributed by atoms with E-state index in [0.29, 0.717) is 11.8 Å². The number of rotatable bonds is 2. The number of allylic oxidation sites excluding steroid dienone is 4. The molecule has 0 saturated carbocycles. The van der Waals surface area contributed by atoms with Gasteiger partial charge >= 0.3 is 0 Å². The van der Waals surface area contributed by atoms with Crippen molar-refractivity contribution in [2.75, 3.05) is 0 Å². The Bertz CT molecular complexity index is 816. The van der Waals surface area contributed by atoms with E-state index in [2.05, 4.69) is 52.3 Å². The van der Waals surface area contributed by atoms with Crippen LogP contribution >= 0.6 is 15.9 Å². The van der Waals surface area contributed by atoms with Crippen LogP contribution in [-0.2, 0) is 6.42 Å². The van der Waals surface area contributed by atoms with Gasteiger partial charge in [0.1, 0.15) is 0 Å². The molecule has 0 N–H and O–H groups in total. The molecule has 2 aromatic rings. The van der Waals surface area contributed by atoms with Gasteiger partial charge in [-0.25, -0.2) is 0 Å². The highest BCUT2D eigenvalue weighted by Gasteiger charge is 2.32. The highest BCUT2D eigenvalue weighted by atomic mass is 79.9. The predicted octanol–water partition coefficient (Wildman–Crippen LogP) is 5.08. The van der Waals surface area contributed by atoms with E-state index >= 15 is 0 Å². The van der Waals surface area contributed by atoms with Gasteiger partial charge in [0.05, 0.1) is 0 Å². The fourth-order valence-electron chi connectivity index (χ4n) is 3.51. The van der Waals surface area contributed by atoms with Crippen molar-refractivity contribution in [3.63, 3.8) is 0 Å². The molecule has 0 amide bonds. The maximum atomic E-state index is 12.7. The molecule has 0 aliphatic heterocycles. The van der Waals surface area contributed by atoms with Gasteiger partial charge in [-0.15, -0.1) is 0 Å². The fourth-order valence-corrected chi connectivity index (χ4v) is 3.91. The van der Waals surface area contributed by atoms with Gasteiger partial charge in [0.2, 0.25) is 0 Å². The summed E-state index contributed by atoms with van der Waals surface area (Å²) in [5.41, 5.74) is 4.37. The number of ketones is 1. The Hall–Kier alpha value is -1.93. The number of halogens is 1. The monoisotopic (exact) mass is 350 g/mol. The molecule has 0 unspecified atom stereocenters. The van der Waals surface area contributed by atoms with Gasteiger partial charge in [0.15, 0.2) is 5.78 Å². The summed E-state index contributed by atoms with van der Waals surface area (Å²) in [7, 11) is 0. The van der Waals surface area contributed by atoms with Gasteiger partial charge in [-0.3, -0.25) is 4.79 Å². The maximum Gasteiger partial charge on any atom is 0.192 e. The molecule has 0 heterocycles. The average Bonchev–Trinajstić information content (AvgIpc) is 2.91. The maximum absolute atomic E-state index is 12.7. The third-order valence-corrected chi connectivity index (χ3v) is 5.05. The minimum atomic E-state index is 0.104. The van der Waals surface area contributed by atoms with Crippen LogP contribution in [0.3, 0.4) is 0 Å². The van der Waals surface area contributed by atoms with Crippen LogP contribution in [0.2, 0.25) is 0 Å². The summed E-state index contributed by atoms with van der Waals surface area (Å²) < 4.78 is 0.935. The summed E-state index contributed by atoms with van der Waals surface area (Å²) in [6.07, 6.45) is 7.38. The van der Waals surface area contributed by atoms with Crippen LogP contribution in [0.1, 0.15) is 27.4 Å². The van der Waals surface area contributed by atoms with Crippen LogP contribution < -0.4 is 0 Å². The molecule has 22 heavy (non-hydrogen) atoms. The van der Waals surface area contributed by atoms with E-state index < -0.39 is 0 Å². The Morgan fingerprint density at radius 1 is 1.09 bits per heavy atom. The molecule has 0 radical (unpaired) electrons. The van der Waals surface area contributed by atoms with Crippen molar-refractivity contribution >= 4 is 21.7 Å². The quantitative estimate of drug-likeness (QED) is 0.690. The lowest BCUT2D eigenvalue weighted by molar-refractivity contribution is 0.103. The van der Waals surface area contributed by atoms with Crippen molar-refractivity contribution in [1.82, 2.24) is 0 Å². The zero-order valence-corrected chi connectivity index (χ0v) is 13.6. The highest BCUT2D eigenvalue weighted by Crippen LogP contribution is 2.42. The second kappa shape index (κ2) is 5.36. The average molecular weight is 351 g/mol. The molecule has 0 bridgehead atoms. The van der Waals surface area contributed by atoms with Crippen LogP contribution in [0.5, 0.6) is 0 Å². The summed E-state index contributed by atoms with van der Waals surface area (Å²) in [6.45, 7) is 0. The first-order valence-electron chi connectivity index (χ1n) is 7.50. The van der Waals surface area contributed by atoms with E-state index in [0.717, 1.165) is 22.0 Å². The third-order valence-electron chi connectivity index (χ3n) is 4.56. The molecule has 0 spiro atoms. The first-order valence-corrected chi connectivity index (χ1v) is 8.30. The smallest absolute Gasteiger partial charge is 0.192 e. The summed E-state index contributed by atoms with van der Waals surface area (Å²) in [5.74, 6) is 0.940. The Kier molecular flexibility index (Phi) is 3.34. The normalized spacial score (nSPS) is 22.0. The fraction of sp³-hybridized carbons (Fsp3) is 0.150. The van der Waals surface area contributed by atoms with Crippen molar-refractivity contribution in [2.45, 2.75) is 12.3 Å². The topological polar surface area (TPSA) is 17.1 Å². The van der Waals surface area contributed by atoms with E-state index in [1.807, 2.05) is 30.3 Å². The molecule has 2 heteroatoms. The van der Waals surface area contributed by atoms with E-state index in [-0.39, 0.29) is 5.78 Å². The Balaban J connectivity index is 1.65. The minimum absolute atomic E-state index is 0.104. The lowest BCUT2D eigenvalue weighted by Gasteiger charge is -2.19. The van der Waals surface area contributed by atoms with Gasteiger partial charge in [-0.1, -0.05) is 70.6 Å². The molecule has 1 nitrogen and oxygen atoms in total. The molecule has 2 aliphatic carbocycles. The Labute approximate surface area is 138 Å². The van der Waals surface area contributed by atoms with Crippen LogP contribution in [0.25, 0.3) is 0 Å². The zero-order chi connectivity index (χ0) is 15.1. The van der Waals surface area contributed by atoms with E-state index in [1.54, 1.807) is 0 Å². The molecular formula is C20H15BrO. The van der Waals surface area contributed by atoms with Gasteiger partial charge in [-0.2, -0.15) is 0 Å². The van der Waals surface area contributed by atoms with Crippen molar-refractivity contribution < 1.29 is 4.79 Å². The molecule has 0 aromatic heterocycles. The van der Waals surface area contributed by atoms with E-state index in [9.17, 15) is 4.79 Å². The Morgan fingerprint density at radius 3 is 2.82 bits per heavy atom. The van der Waals surface area contributed by atoms with E-state index in [4.69, 9.17) is 0 Å². The number of carbonyl (C=O) groups excluding carboxylic acids is 1. The SMILES string of the molecule is O=C(C1=C[C@@H]2Cc3ccccc3[C@@H]2C=C1)c1cccc(Br)c1. The molecule has 2 atom stereocenters. The lowest BCUT2D eigenvalue weighted by atomic mass is 9.84. The van der Waals surface area contributed by atoms with Crippen LogP contribution in [0.15, 0.2) is 76.8 Å². The largest absolute Gasteiger partial charge is 0.289 e. The first-order chi connectivity index (χ1) is 10.7. The molecular weight excluding hydrogens is 336 g/mol. The Morgan fingerprint density at radius 2 is 1.95 bits per heavy atom. The standard InChI is InChI=1S/C20H15BrO/c21-17-6-3-5-14(12-17)20(22)15-8-9-19-16(11-15)10-13-4-1-2-7-18(13)19/h1-9,11-12,16,19H,10H2/t16-,19+/m0/s1. The van der Waals surface area contributed by atoms with Gasteiger partial charge in [-0.05, 0) is 35.6 Å². The van der Waals surface area contributed by atoms with Gasteiger partial charge < -0.3 is 0 Å². The van der Waals surface area contributed by atoms with Crippen molar-refractivity contribution in [3.05, 3.63) is 93.5 Å². The minimum Gasteiger partial charge on any atom is -0.289 e. The summed E-state index contributed by atoms with van der Waals surface area (Å²) in [6, 6.07) is 16.2. The van der Waals surface area contributed by atoms with Gasteiger partial charge in [0, 0.05) is 21.5 Å². The number of hydrogen-bond donors (Lipinski definition) is 0. The highest BCUT2D eigenvalue weighted by molar-refractivity contribution is 9.10. The number of benzene rings is 2. The number of carbonyl (C=O) groups is 1. The molecule has 0 fully saturated rings. The lowest BCUT2D eigenvalue weighted by Crippen LogP contribution is -2.12. The molecule has 2 aromatic carbocycles. The molecule has 2 aliphatic rings. The van der Waals surface area contributed by atoms with Crippen LogP contribution in [0.4, 0.5) is 0 Å². The second-order valence-electron chi connectivity index (χ2n) is 5.91. The first kappa shape index (κ1) is 13.7. The van der Waals surface area contributed by atoms with Crippen LogP contribution in [-0.4, -0.2) is 5.78 Å². The van der Waals surface area contributed by atoms with Crippen molar-refractivity contribution in [3.8, 4) is 0 Å². The summed E-state index contributed by atoms with van der Waals surface area (Å²) in [5, 5.41) is 0. The second-order valence-corrected chi connectivity index (χ2v) is 6.83. The van der Waals surface area contributed by atoms with Crippen LogP contribution in [0, 0.1) is 5.92 Å². The van der Waals surface area contributed by atoms with Gasteiger partial charge in [0.25, 0.3) is 0 Å². The zero-order valence-electron chi connectivity index (χ0n) is 12.0. The number of hydrogen-bond acceptors (Lipinski definition) is 1. The summed E-state index contributed by atoms with van der Waals surface area (Å²) in [4.78, 5) is 12.7. The van der Waals surface area contributed by atoms with E-state index in [1.165, 1.54) is 11.1 Å². The molecule has 0 saturated heterocycles. The number of fused-ring (bicyclic) bond motifs is 3. The summed E-state index contributed by atoms with van der Waals surface area (Å²) >= 11 is 3.43. The predicted molar refractivity (Wildman–Crippen MR) is 92.1 cm³/mol. The third kappa shape index (κ3) is 2.28. The molecule has 108 valence electrons. The number of Topliss-reactive ketones (excluding diaryl/α,β-unsaturated/α-hetero) is 1. The van der Waals surface area contributed by atoms with Crippen molar-refractivity contribution in [2.24, 2.45) is 5.92 Å². The van der Waals surface area contributed by atoms with Crippen molar-refractivity contribution in [1.29, 1.82) is 0 Å². The molecule has 4 rings (SSSR count).